The van der Waals surface area contributed by atoms with Gasteiger partial charge in [-0.25, -0.2) is 0 Å². The van der Waals surface area contributed by atoms with Gasteiger partial charge in [-0.05, 0) is 30.7 Å². The molecule has 4 heteroatoms. The van der Waals surface area contributed by atoms with E-state index in [1.54, 1.807) is 0 Å². The van der Waals surface area contributed by atoms with Gasteiger partial charge in [0.1, 0.15) is 0 Å². The maximum absolute atomic E-state index is 10.9. The summed E-state index contributed by atoms with van der Waals surface area (Å²) < 4.78 is 2.05. The van der Waals surface area contributed by atoms with Crippen LogP contribution in [0.25, 0.3) is 10.9 Å². The monoisotopic (exact) mass is 246 g/mol. The predicted octanol–water partition coefficient (Wildman–Crippen LogP) is 3.04. The van der Waals surface area contributed by atoms with Gasteiger partial charge >= 0.3 is 5.97 Å². The first-order valence-corrected chi connectivity index (χ1v) is 6.19. The van der Waals surface area contributed by atoms with Crippen LogP contribution in [0.1, 0.15) is 32.2 Å². The lowest BCUT2D eigenvalue weighted by Gasteiger charge is -2.17. The Morgan fingerprint density at radius 1 is 1.44 bits per heavy atom. The van der Waals surface area contributed by atoms with Crippen LogP contribution in [0.5, 0.6) is 0 Å². The highest BCUT2D eigenvalue weighted by Crippen LogP contribution is 2.26. The number of anilines is 1. The summed E-state index contributed by atoms with van der Waals surface area (Å²) in [5.74, 6) is -0.759. The molecule has 18 heavy (non-hydrogen) atoms. The van der Waals surface area contributed by atoms with E-state index in [1.165, 1.54) is 0 Å². The van der Waals surface area contributed by atoms with Crippen LogP contribution >= 0.6 is 0 Å². The van der Waals surface area contributed by atoms with Gasteiger partial charge in [0.15, 0.2) is 0 Å². The highest BCUT2D eigenvalue weighted by molar-refractivity contribution is 5.83. The minimum atomic E-state index is -0.759. The molecule has 1 aromatic heterocycles. The standard InChI is InChI=1S/C14H18N2O2/c1-2-3-12(9-14(17)18)16-7-6-10-8-11(15)4-5-13(10)16/h4-8,12H,2-3,9,15H2,1H3,(H,17,18). The first kappa shape index (κ1) is 12.5. The zero-order valence-corrected chi connectivity index (χ0v) is 10.5. The number of aliphatic carboxylic acids is 1. The maximum Gasteiger partial charge on any atom is 0.305 e. The summed E-state index contributed by atoms with van der Waals surface area (Å²) in [4.78, 5) is 10.9. The number of hydrogen-bond donors (Lipinski definition) is 2. The van der Waals surface area contributed by atoms with Crippen molar-refractivity contribution in [2.24, 2.45) is 0 Å². The number of rotatable bonds is 5. The smallest absolute Gasteiger partial charge is 0.305 e. The number of carbonyl (C=O) groups is 1. The Kier molecular flexibility index (Phi) is 3.55. The second-order valence-corrected chi connectivity index (χ2v) is 4.58. The number of carboxylic acid groups (broad SMARTS) is 1. The minimum absolute atomic E-state index is 0.00799. The van der Waals surface area contributed by atoms with E-state index in [0.29, 0.717) is 0 Å². The topological polar surface area (TPSA) is 68.2 Å². The maximum atomic E-state index is 10.9. The number of nitrogen functional groups attached to an aromatic ring is 1. The Balaban J connectivity index is 2.40. The minimum Gasteiger partial charge on any atom is -0.481 e. The molecular weight excluding hydrogens is 228 g/mol. The Labute approximate surface area is 106 Å². The van der Waals surface area contributed by atoms with Crippen LogP contribution in [0.3, 0.4) is 0 Å². The fourth-order valence-electron chi connectivity index (χ4n) is 2.38. The van der Waals surface area contributed by atoms with Gasteiger partial charge in [0, 0.05) is 28.8 Å². The van der Waals surface area contributed by atoms with E-state index in [4.69, 9.17) is 10.8 Å². The molecule has 0 spiro atoms. The molecule has 0 aliphatic carbocycles. The van der Waals surface area contributed by atoms with E-state index in [0.717, 1.165) is 29.4 Å². The van der Waals surface area contributed by atoms with Crippen molar-refractivity contribution in [1.29, 1.82) is 0 Å². The van der Waals surface area contributed by atoms with Gasteiger partial charge in [-0.2, -0.15) is 0 Å². The second kappa shape index (κ2) is 5.12. The molecule has 4 nitrogen and oxygen atoms in total. The van der Waals surface area contributed by atoms with Crippen LogP contribution in [-0.2, 0) is 4.79 Å². The summed E-state index contributed by atoms with van der Waals surface area (Å²) in [6, 6.07) is 7.71. The number of aromatic nitrogens is 1. The highest BCUT2D eigenvalue weighted by atomic mass is 16.4. The first-order valence-electron chi connectivity index (χ1n) is 6.19. The van der Waals surface area contributed by atoms with Crippen LogP contribution in [0.15, 0.2) is 30.5 Å². The molecular formula is C14H18N2O2. The number of carboxylic acids is 1. The third kappa shape index (κ3) is 2.47. The molecule has 0 bridgehead atoms. The molecule has 0 radical (unpaired) electrons. The Morgan fingerprint density at radius 3 is 2.89 bits per heavy atom. The second-order valence-electron chi connectivity index (χ2n) is 4.58. The molecule has 0 amide bonds. The van der Waals surface area contributed by atoms with E-state index in [9.17, 15) is 4.79 Å². The number of hydrogen-bond acceptors (Lipinski definition) is 2. The largest absolute Gasteiger partial charge is 0.481 e. The van der Waals surface area contributed by atoms with Crippen molar-refractivity contribution in [2.75, 3.05) is 5.73 Å². The summed E-state index contributed by atoms with van der Waals surface area (Å²) in [6.07, 6.45) is 3.93. The van der Waals surface area contributed by atoms with Crippen molar-refractivity contribution in [3.8, 4) is 0 Å². The van der Waals surface area contributed by atoms with Gasteiger partial charge in [0.25, 0.3) is 0 Å². The van der Waals surface area contributed by atoms with Gasteiger partial charge < -0.3 is 15.4 Å². The van der Waals surface area contributed by atoms with E-state index < -0.39 is 5.97 Å². The summed E-state index contributed by atoms with van der Waals surface area (Å²) in [5.41, 5.74) is 7.52. The Bertz CT molecular complexity index is 560. The molecule has 1 unspecified atom stereocenters. The number of benzene rings is 1. The number of nitrogens with zero attached hydrogens (tertiary/aromatic N) is 1. The zero-order valence-electron chi connectivity index (χ0n) is 10.5. The molecule has 96 valence electrons. The average Bonchev–Trinajstić information content (AvgIpc) is 2.70. The van der Waals surface area contributed by atoms with E-state index >= 15 is 0 Å². The fraction of sp³-hybridized carbons (Fsp3) is 0.357. The van der Waals surface area contributed by atoms with Gasteiger partial charge in [0.05, 0.1) is 6.42 Å². The van der Waals surface area contributed by atoms with Gasteiger partial charge in [-0.15, -0.1) is 0 Å². The molecule has 0 saturated heterocycles. The average molecular weight is 246 g/mol. The van der Waals surface area contributed by atoms with Crippen molar-refractivity contribution in [3.63, 3.8) is 0 Å². The summed E-state index contributed by atoms with van der Waals surface area (Å²) in [6.45, 7) is 2.07. The molecule has 3 N–H and O–H groups in total. The molecule has 0 saturated carbocycles. The van der Waals surface area contributed by atoms with Gasteiger partial charge in [0.2, 0.25) is 0 Å². The van der Waals surface area contributed by atoms with Crippen LogP contribution in [-0.4, -0.2) is 15.6 Å². The molecule has 0 fully saturated rings. The predicted molar refractivity (Wildman–Crippen MR) is 72.5 cm³/mol. The molecule has 1 heterocycles. The van der Waals surface area contributed by atoms with Crippen LogP contribution in [0.2, 0.25) is 0 Å². The fourth-order valence-corrected chi connectivity index (χ4v) is 2.38. The third-order valence-corrected chi connectivity index (χ3v) is 3.17. The van der Waals surface area contributed by atoms with Crippen molar-refractivity contribution in [1.82, 2.24) is 4.57 Å². The quantitative estimate of drug-likeness (QED) is 0.797. The van der Waals surface area contributed by atoms with E-state index in [1.807, 2.05) is 35.0 Å². The lowest BCUT2D eigenvalue weighted by molar-refractivity contribution is -0.137. The Hall–Kier alpha value is -1.97. The molecule has 2 aromatic rings. The van der Waals surface area contributed by atoms with Crippen LogP contribution in [0, 0.1) is 0 Å². The lowest BCUT2D eigenvalue weighted by atomic mass is 10.1. The lowest BCUT2D eigenvalue weighted by Crippen LogP contribution is -2.12. The summed E-state index contributed by atoms with van der Waals surface area (Å²) in [5, 5.41) is 10.0. The number of fused-ring (bicyclic) bond motifs is 1. The van der Waals surface area contributed by atoms with Crippen LogP contribution in [0.4, 0.5) is 5.69 Å². The van der Waals surface area contributed by atoms with Crippen molar-refractivity contribution in [3.05, 3.63) is 30.5 Å². The van der Waals surface area contributed by atoms with Crippen molar-refractivity contribution >= 4 is 22.6 Å². The summed E-state index contributed by atoms with van der Waals surface area (Å²) in [7, 11) is 0. The van der Waals surface area contributed by atoms with E-state index in [-0.39, 0.29) is 12.5 Å². The van der Waals surface area contributed by atoms with Gasteiger partial charge in [-0.3, -0.25) is 4.79 Å². The SMILES string of the molecule is CCCC(CC(=O)O)n1ccc2cc(N)ccc21. The van der Waals surface area contributed by atoms with Crippen LogP contribution < -0.4 is 5.73 Å². The molecule has 1 atom stereocenters. The van der Waals surface area contributed by atoms with Gasteiger partial charge in [-0.1, -0.05) is 13.3 Å². The normalized spacial score (nSPS) is 12.7. The number of nitrogens with two attached hydrogens (primary N) is 1. The molecule has 2 rings (SSSR count). The zero-order chi connectivity index (χ0) is 13.1. The first-order chi connectivity index (χ1) is 8.61. The molecule has 0 aliphatic rings. The third-order valence-electron chi connectivity index (χ3n) is 3.17. The summed E-state index contributed by atoms with van der Waals surface area (Å²) >= 11 is 0. The molecule has 0 aliphatic heterocycles. The highest BCUT2D eigenvalue weighted by Gasteiger charge is 2.15. The van der Waals surface area contributed by atoms with Crippen molar-refractivity contribution in [2.45, 2.75) is 32.2 Å². The van der Waals surface area contributed by atoms with Crippen molar-refractivity contribution < 1.29 is 9.90 Å². The molecule has 1 aromatic carbocycles. The Morgan fingerprint density at radius 2 is 2.22 bits per heavy atom. The van der Waals surface area contributed by atoms with E-state index in [2.05, 4.69) is 6.92 Å².